The van der Waals surface area contributed by atoms with E-state index in [-0.39, 0.29) is 24.6 Å². The standard InChI is InChI=1S/C15H20N6O5/c16-14(17)18-4-5-19-15(26)21-10-3-1-2-9(6-10)13(25)20-11(8-22)7-12(23)24/h1-3,6,8,11H,4-5,7H2,(H,20,25)(H,23,24)(H4,16,17,18)(H2,19,21,26)/t11-/m0/s1. The number of amides is 3. The van der Waals surface area contributed by atoms with E-state index in [1.165, 1.54) is 18.2 Å². The van der Waals surface area contributed by atoms with Crippen molar-refractivity contribution in [3.8, 4) is 0 Å². The summed E-state index contributed by atoms with van der Waals surface area (Å²) in [4.78, 5) is 49.0. The molecule has 8 N–H and O–H groups in total. The SMILES string of the molecule is NC(N)=NCCNC(=O)Nc1cccc(C(=O)N[C@H](C=O)CC(=O)O)c1. The van der Waals surface area contributed by atoms with E-state index in [2.05, 4.69) is 20.9 Å². The Hall–Kier alpha value is -3.63. The molecule has 140 valence electrons. The quantitative estimate of drug-likeness (QED) is 0.138. The topological polar surface area (TPSA) is 189 Å². The number of carboxylic acids is 1. The van der Waals surface area contributed by atoms with Crippen molar-refractivity contribution >= 4 is 35.8 Å². The lowest BCUT2D eigenvalue weighted by Crippen LogP contribution is -2.37. The van der Waals surface area contributed by atoms with Gasteiger partial charge in [0.05, 0.1) is 19.0 Å². The van der Waals surface area contributed by atoms with Gasteiger partial charge in [0.1, 0.15) is 6.29 Å². The zero-order valence-electron chi connectivity index (χ0n) is 13.8. The van der Waals surface area contributed by atoms with E-state index in [1.54, 1.807) is 6.07 Å². The van der Waals surface area contributed by atoms with Gasteiger partial charge < -0.3 is 37.3 Å². The van der Waals surface area contributed by atoms with Gasteiger partial charge in [-0.05, 0) is 18.2 Å². The van der Waals surface area contributed by atoms with E-state index in [0.29, 0.717) is 12.0 Å². The summed E-state index contributed by atoms with van der Waals surface area (Å²) in [7, 11) is 0. The van der Waals surface area contributed by atoms with Crippen molar-refractivity contribution in [3.63, 3.8) is 0 Å². The van der Waals surface area contributed by atoms with Gasteiger partial charge >= 0.3 is 12.0 Å². The number of nitrogens with zero attached hydrogens (tertiary/aromatic N) is 1. The van der Waals surface area contributed by atoms with Crippen molar-refractivity contribution in [1.82, 2.24) is 10.6 Å². The summed E-state index contributed by atoms with van der Waals surface area (Å²) in [6.07, 6.45) is -0.177. The Balaban J connectivity index is 2.62. The van der Waals surface area contributed by atoms with Crippen molar-refractivity contribution in [3.05, 3.63) is 29.8 Å². The van der Waals surface area contributed by atoms with Gasteiger partial charge in [-0.25, -0.2) is 4.79 Å². The summed E-state index contributed by atoms with van der Waals surface area (Å²) >= 11 is 0. The van der Waals surface area contributed by atoms with Crippen LogP contribution < -0.4 is 27.4 Å². The first-order valence-electron chi connectivity index (χ1n) is 7.50. The van der Waals surface area contributed by atoms with E-state index >= 15 is 0 Å². The van der Waals surface area contributed by atoms with Crippen molar-refractivity contribution in [1.29, 1.82) is 0 Å². The number of hydrogen-bond donors (Lipinski definition) is 6. The Morgan fingerprint density at radius 1 is 1.27 bits per heavy atom. The Morgan fingerprint density at radius 3 is 2.62 bits per heavy atom. The van der Waals surface area contributed by atoms with Crippen LogP contribution in [0.3, 0.4) is 0 Å². The van der Waals surface area contributed by atoms with Crippen molar-refractivity contribution in [2.75, 3.05) is 18.4 Å². The highest BCUT2D eigenvalue weighted by Crippen LogP contribution is 2.11. The maximum atomic E-state index is 12.1. The van der Waals surface area contributed by atoms with Crippen LogP contribution in [-0.4, -0.2) is 54.4 Å². The molecule has 0 radical (unpaired) electrons. The molecule has 1 aromatic carbocycles. The smallest absolute Gasteiger partial charge is 0.319 e. The molecule has 0 bridgehead atoms. The van der Waals surface area contributed by atoms with E-state index in [0.717, 1.165) is 0 Å². The number of hydrogen-bond acceptors (Lipinski definition) is 5. The molecule has 0 saturated carbocycles. The molecule has 0 heterocycles. The summed E-state index contributed by atoms with van der Waals surface area (Å²) in [5, 5.41) is 16.0. The first-order chi connectivity index (χ1) is 12.3. The molecule has 1 atom stereocenters. The molecule has 11 heteroatoms. The van der Waals surface area contributed by atoms with Gasteiger partial charge in [-0.1, -0.05) is 6.07 Å². The van der Waals surface area contributed by atoms with Crippen LogP contribution in [0.15, 0.2) is 29.3 Å². The molecular formula is C15H20N6O5. The van der Waals surface area contributed by atoms with E-state index in [1.807, 2.05) is 0 Å². The fourth-order valence-electron chi connectivity index (χ4n) is 1.84. The van der Waals surface area contributed by atoms with E-state index < -0.39 is 30.4 Å². The van der Waals surface area contributed by atoms with Gasteiger partial charge in [0.15, 0.2) is 5.96 Å². The lowest BCUT2D eigenvalue weighted by Gasteiger charge is -2.12. The number of anilines is 1. The molecule has 0 aliphatic carbocycles. The third kappa shape index (κ3) is 7.77. The van der Waals surface area contributed by atoms with Gasteiger partial charge in [-0.2, -0.15) is 0 Å². The third-order valence-corrected chi connectivity index (χ3v) is 2.95. The number of benzene rings is 1. The summed E-state index contributed by atoms with van der Waals surface area (Å²) < 4.78 is 0. The number of carbonyl (C=O) groups excluding carboxylic acids is 3. The van der Waals surface area contributed by atoms with Crippen LogP contribution in [0, 0.1) is 0 Å². The predicted octanol–water partition coefficient (Wildman–Crippen LogP) is -1.15. The second-order valence-corrected chi connectivity index (χ2v) is 5.08. The number of urea groups is 1. The largest absolute Gasteiger partial charge is 0.481 e. The zero-order chi connectivity index (χ0) is 19.5. The molecule has 26 heavy (non-hydrogen) atoms. The average Bonchev–Trinajstić information content (AvgIpc) is 2.57. The minimum Gasteiger partial charge on any atom is -0.481 e. The molecule has 0 aromatic heterocycles. The maximum absolute atomic E-state index is 12.1. The number of nitrogens with two attached hydrogens (primary N) is 2. The normalized spacial score (nSPS) is 10.9. The number of carboxylic acid groups (broad SMARTS) is 1. The summed E-state index contributed by atoms with van der Waals surface area (Å²) in [6, 6.07) is 4.26. The van der Waals surface area contributed by atoms with Crippen LogP contribution in [0.5, 0.6) is 0 Å². The van der Waals surface area contributed by atoms with Gasteiger partial charge in [0.25, 0.3) is 5.91 Å². The van der Waals surface area contributed by atoms with Gasteiger partial charge in [-0.3, -0.25) is 14.6 Å². The second-order valence-electron chi connectivity index (χ2n) is 5.08. The molecule has 0 unspecified atom stereocenters. The zero-order valence-corrected chi connectivity index (χ0v) is 13.8. The lowest BCUT2D eigenvalue weighted by atomic mass is 10.1. The molecule has 0 fully saturated rings. The maximum Gasteiger partial charge on any atom is 0.319 e. The van der Waals surface area contributed by atoms with Crippen LogP contribution in [0.25, 0.3) is 0 Å². The van der Waals surface area contributed by atoms with Gasteiger partial charge in [0, 0.05) is 17.8 Å². The van der Waals surface area contributed by atoms with Crippen LogP contribution >= 0.6 is 0 Å². The Labute approximate surface area is 148 Å². The van der Waals surface area contributed by atoms with Crippen LogP contribution in [0.2, 0.25) is 0 Å². The molecule has 0 spiro atoms. The molecule has 1 aromatic rings. The first-order valence-corrected chi connectivity index (χ1v) is 7.50. The molecule has 11 nitrogen and oxygen atoms in total. The molecule has 3 amide bonds. The third-order valence-electron chi connectivity index (χ3n) is 2.95. The number of carbonyl (C=O) groups is 4. The number of aldehydes is 1. The van der Waals surface area contributed by atoms with E-state index in [4.69, 9.17) is 16.6 Å². The summed E-state index contributed by atoms with van der Waals surface area (Å²) in [5.74, 6) is -1.93. The molecule has 0 aliphatic heterocycles. The first kappa shape index (κ1) is 20.4. The van der Waals surface area contributed by atoms with Crippen LogP contribution in [0.1, 0.15) is 16.8 Å². The van der Waals surface area contributed by atoms with Crippen LogP contribution in [0.4, 0.5) is 10.5 Å². The number of rotatable bonds is 9. The fourth-order valence-corrected chi connectivity index (χ4v) is 1.84. The Morgan fingerprint density at radius 2 is 2.00 bits per heavy atom. The fraction of sp³-hybridized carbons (Fsp3) is 0.267. The van der Waals surface area contributed by atoms with Gasteiger partial charge in [-0.15, -0.1) is 0 Å². The Bertz CT molecular complexity index is 702. The second kappa shape index (κ2) is 10.3. The highest BCUT2D eigenvalue weighted by Gasteiger charge is 2.16. The summed E-state index contributed by atoms with van der Waals surface area (Å²) in [5.41, 5.74) is 10.8. The Kier molecular flexibility index (Phi) is 8.07. The highest BCUT2D eigenvalue weighted by molar-refractivity contribution is 5.98. The van der Waals surface area contributed by atoms with Gasteiger partial charge in [0.2, 0.25) is 0 Å². The summed E-state index contributed by atoms with van der Waals surface area (Å²) in [6.45, 7) is 0.426. The minimum absolute atomic E-state index is 0.0811. The monoisotopic (exact) mass is 364 g/mol. The average molecular weight is 364 g/mol. The number of aliphatic imine (C=N–C) groups is 1. The molecule has 0 aliphatic rings. The van der Waals surface area contributed by atoms with Crippen molar-refractivity contribution < 1.29 is 24.3 Å². The lowest BCUT2D eigenvalue weighted by molar-refractivity contribution is -0.138. The van der Waals surface area contributed by atoms with Crippen molar-refractivity contribution in [2.24, 2.45) is 16.5 Å². The van der Waals surface area contributed by atoms with Crippen molar-refractivity contribution in [2.45, 2.75) is 12.5 Å². The number of nitrogens with one attached hydrogen (secondary N) is 3. The van der Waals surface area contributed by atoms with Crippen LogP contribution in [-0.2, 0) is 9.59 Å². The number of aliphatic carboxylic acids is 1. The molecular weight excluding hydrogens is 344 g/mol. The molecule has 1 rings (SSSR count). The number of guanidine groups is 1. The van der Waals surface area contributed by atoms with E-state index in [9.17, 15) is 19.2 Å². The minimum atomic E-state index is -1.21. The highest BCUT2D eigenvalue weighted by atomic mass is 16.4. The predicted molar refractivity (Wildman–Crippen MR) is 93.7 cm³/mol. The molecule has 0 saturated heterocycles.